The monoisotopic (exact) mass is 532 g/mol. The molecule has 0 saturated heterocycles. The topological polar surface area (TPSA) is 76.4 Å². The SMILES string of the molecule is COCCCNC(=NCc1nnc(C)n1C)NCC1(c2cccc(Cl)c2)CC1.I. The van der Waals surface area contributed by atoms with Gasteiger partial charge in [0.25, 0.3) is 0 Å². The molecule has 1 fully saturated rings. The fraction of sp³-hybridized carbons (Fsp3) is 0.550. The highest BCUT2D eigenvalue weighted by Gasteiger charge is 2.44. The molecule has 1 aliphatic carbocycles. The predicted octanol–water partition coefficient (Wildman–Crippen LogP) is 3.20. The molecular formula is C20H30ClIN6O. The average Bonchev–Trinajstić information content (AvgIpc) is 3.42. The minimum Gasteiger partial charge on any atom is -0.385 e. The van der Waals surface area contributed by atoms with Gasteiger partial charge in [-0.25, -0.2) is 4.99 Å². The standard InChI is InChI=1S/C20H29ClN6O.HI/c1-15-25-26-18(27(15)2)13-23-19(22-10-5-11-28-3)24-14-20(8-9-20)16-6-4-7-17(21)12-16;/h4,6-7,12H,5,8-11,13-14H2,1-3H3,(H2,22,23,24);1H. The molecule has 0 radical (unpaired) electrons. The summed E-state index contributed by atoms with van der Waals surface area (Å²) in [5.74, 6) is 2.50. The van der Waals surface area contributed by atoms with Gasteiger partial charge in [0, 0.05) is 44.3 Å². The number of hydrogen-bond donors (Lipinski definition) is 2. The van der Waals surface area contributed by atoms with E-state index in [0.717, 1.165) is 61.6 Å². The predicted molar refractivity (Wildman–Crippen MR) is 127 cm³/mol. The molecule has 0 atom stereocenters. The minimum absolute atomic E-state index is 0. The molecule has 1 heterocycles. The normalized spacial score (nSPS) is 15.0. The molecule has 1 aromatic carbocycles. The first-order chi connectivity index (χ1) is 13.5. The third-order valence-electron chi connectivity index (χ3n) is 5.26. The number of hydrogen-bond acceptors (Lipinski definition) is 4. The van der Waals surface area contributed by atoms with Crippen LogP contribution in [0.3, 0.4) is 0 Å². The van der Waals surface area contributed by atoms with Crippen LogP contribution in [0, 0.1) is 6.92 Å². The second-order valence-electron chi connectivity index (χ2n) is 7.30. The molecule has 160 valence electrons. The maximum Gasteiger partial charge on any atom is 0.191 e. The van der Waals surface area contributed by atoms with Gasteiger partial charge >= 0.3 is 0 Å². The second-order valence-corrected chi connectivity index (χ2v) is 7.74. The van der Waals surface area contributed by atoms with Crippen molar-refractivity contribution in [2.75, 3.05) is 26.8 Å². The number of benzene rings is 1. The molecule has 0 spiro atoms. The maximum absolute atomic E-state index is 6.19. The maximum atomic E-state index is 6.19. The molecule has 1 saturated carbocycles. The summed E-state index contributed by atoms with van der Waals surface area (Å²) in [5, 5.41) is 16.0. The van der Waals surface area contributed by atoms with Gasteiger partial charge in [0.05, 0.1) is 0 Å². The molecule has 29 heavy (non-hydrogen) atoms. The number of guanidine groups is 1. The van der Waals surface area contributed by atoms with E-state index in [2.05, 4.69) is 33.0 Å². The molecule has 2 aromatic rings. The highest BCUT2D eigenvalue weighted by molar-refractivity contribution is 14.0. The summed E-state index contributed by atoms with van der Waals surface area (Å²) in [5.41, 5.74) is 1.43. The van der Waals surface area contributed by atoms with Crippen LogP contribution in [0.2, 0.25) is 5.02 Å². The second kappa shape index (κ2) is 11.1. The van der Waals surface area contributed by atoms with Gasteiger partial charge in [0.15, 0.2) is 11.8 Å². The summed E-state index contributed by atoms with van der Waals surface area (Å²) < 4.78 is 7.09. The van der Waals surface area contributed by atoms with Crippen LogP contribution in [0.4, 0.5) is 0 Å². The van der Waals surface area contributed by atoms with Crippen LogP contribution < -0.4 is 10.6 Å². The van der Waals surface area contributed by atoms with Crippen LogP contribution >= 0.6 is 35.6 Å². The largest absolute Gasteiger partial charge is 0.385 e. The van der Waals surface area contributed by atoms with Gasteiger partial charge in [-0.05, 0) is 43.9 Å². The summed E-state index contributed by atoms with van der Waals surface area (Å²) in [6, 6.07) is 8.17. The number of aromatic nitrogens is 3. The van der Waals surface area contributed by atoms with Crippen LogP contribution in [-0.2, 0) is 23.7 Å². The number of nitrogens with zero attached hydrogens (tertiary/aromatic N) is 4. The Morgan fingerprint density at radius 2 is 2.10 bits per heavy atom. The summed E-state index contributed by atoms with van der Waals surface area (Å²) in [7, 11) is 3.67. The molecule has 3 rings (SSSR count). The van der Waals surface area contributed by atoms with Crippen molar-refractivity contribution in [3.63, 3.8) is 0 Å². The summed E-state index contributed by atoms with van der Waals surface area (Å²) in [6.07, 6.45) is 3.22. The average molecular weight is 533 g/mol. The number of aliphatic imine (C=N–C) groups is 1. The molecule has 0 aliphatic heterocycles. The van der Waals surface area contributed by atoms with Crippen molar-refractivity contribution in [1.29, 1.82) is 0 Å². The minimum atomic E-state index is 0. The number of methoxy groups -OCH3 is 1. The van der Waals surface area contributed by atoms with E-state index in [1.54, 1.807) is 7.11 Å². The molecule has 1 aromatic heterocycles. The zero-order valence-electron chi connectivity index (χ0n) is 17.2. The van der Waals surface area contributed by atoms with E-state index in [1.807, 2.05) is 30.7 Å². The summed E-state index contributed by atoms with van der Waals surface area (Å²) in [6.45, 7) is 4.74. The van der Waals surface area contributed by atoms with Gasteiger partial charge < -0.3 is 19.9 Å². The van der Waals surface area contributed by atoms with Crippen LogP contribution in [-0.4, -0.2) is 47.5 Å². The molecule has 2 N–H and O–H groups in total. The van der Waals surface area contributed by atoms with Crippen molar-refractivity contribution in [2.24, 2.45) is 12.0 Å². The van der Waals surface area contributed by atoms with Crippen molar-refractivity contribution in [2.45, 2.75) is 38.1 Å². The smallest absolute Gasteiger partial charge is 0.191 e. The van der Waals surface area contributed by atoms with Crippen LogP contribution in [0.5, 0.6) is 0 Å². The van der Waals surface area contributed by atoms with Crippen molar-refractivity contribution >= 4 is 41.5 Å². The lowest BCUT2D eigenvalue weighted by Crippen LogP contribution is -2.42. The van der Waals surface area contributed by atoms with E-state index in [0.29, 0.717) is 6.54 Å². The molecule has 9 heteroatoms. The van der Waals surface area contributed by atoms with Crippen molar-refractivity contribution in [1.82, 2.24) is 25.4 Å². The third kappa shape index (κ3) is 6.55. The fourth-order valence-electron chi connectivity index (χ4n) is 3.13. The lowest BCUT2D eigenvalue weighted by atomic mass is 9.96. The number of rotatable bonds is 9. The van der Waals surface area contributed by atoms with Gasteiger partial charge in [0.1, 0.15) is 12.4 Å². The first-order valence-electron chi connectivity index (χ1n) is 9.66. The number of halogens is 2. The highest BCUT2D eigenvalue weighted by Crippen LogP contribution is 2.48. The van der Waals surface area contributed by atoms with Crippen molar-refractivity contribution in [3.8, 4) is 0 Å². The zero-order chi connectivity index (χ0) is 20.0. The van der Waals surface area contributed by atoms with Crippen LogP contribution in [0.1, 0.15) is 36.5 Å². The molecule has 0 unspecified atom stereocenters. The Hall–Kier alpha value is -1.39. The van der Waals surface area contributed by atoms with Gasteiger partial charge in [-0.3, -0.25) is 0 Å². The molecular weight excluding hydrogens is 503 g/mol. The number of aryl methyl sites for hydroxylation is 1. The first kappa shape index (κ1) is 23.9. The Balaban J connectivity index is 0.00000300. The Morgan fingerprint density at radius 1 is 1.31 bits per heavy atom. The van der Waals surface area contributed by atoms with E-state index in [1.165, 1.54) is 5.56 Å². The summed E-state index contributed by atoms with van der Waals surface area (Å²) in [4.78, 5) is 4.71. The van der Waals surface area contributed by atoms with Crippen LogP contribution in [0.25, 0.3) is 0 Å². The summed E-state index contributed by atoms with van der Waals surface area (Å²) >= 11 is 6.19. The molecule has 0 bridgehead atoms. The van der Waals surface area contributed by atoms with Gasteiger partial charge in [0.2, 0.25) is 0 Å². The molecule has 0 amide bonds. The highest BCUT2D eigenvalue weighted by atomic mass is 127. The van der Waals surface area contributed by atoms with Gasteiger partial charge in [-0.15, -0.1) is 34.2 Å². The Labute approximate surface area is 194 Å². The fourth-order valence-corrected chi connectivity index (χ4v) is 3.32. The van der Waals surface area contributed by atoms with E-state index < -0.39 is 0 Å². The van der Waals surface area contributed by atoms with Gasteiger partial charge in [-0.2, -0.15) is 0 Å². The van der Waals surface area contributed by atoms with E-state index in [9.17, 15) is 0 Å². The molecule has 1 aliphatic rings. The van der Waals surface area contributed by atoms with Gasteiger partial charge in [-0.1, -0.05) is 23.7 Å². The Bertz CT molecular complexity index is 821. The number of ether oxygens (including phenoxy) is 1. The van der Waals surface area contributed by atoms with E-state index >= 15 is 0 Å². The van der Waals surface area contributed by atoms with E-state index in [4.69, 9.17) is 21.3 Å². The van der Waals surface area contributed by atoms with E-state index in [-0.39, 0.29) is 29.4 Å². The third-order valence-corrected chi connectivity index (χ3v) is 5.50. The first-order valence-corrected chi connectivity index (χ1v) is 10.0. The Kier molecular flexibility index (Phi) is 9.16. The van der Waals surface area contributed by atoms with Crippen molar-refractivity contribution in [3.05, 3.63) is 46.5 Å². The lowest BCUT2D eigenvalue weighted by molar-refractivity contribution is 0.195. The lowest BCUT2D eigenvalue weighted by Gasteiger charge is -2.19. The Morgan fingerprint density at radius 3 is 2.72 bits per heavy atom. The quantitative estimate of drug-likeness (QED) is 0.225. The zero-order valence-corrected chi connectivity index (χ0v) is 20.3. The number of nitrogens with one attached hydrogen (secondary N) is 2. The molecule has 7 nitrogen and oxygen atoms in total. The van der Waals surface area contributed by atoms with Crippen molar-refractivity contribution < 1.29 is 4.74 Å². The van der Waals surface area contributed by atoms with Crippen LogP contribution in [0.15, 0.2) is 29.3 Å².